The third-order valence-electron chi connectivity index (χ3n) is 1.93. The highest BCUT2D eigenvalue weighted by atomic mass is 16.4. The molecular weight excluding hydrogens is 128 g/mol. The first-order chi connectivity index (χ1) is 4.75. The lowest BCUT2D eigenvalue weighted by Crippen LogP contribution is -2.14. The number of carbonyl (C=O) groups is 1. The number of allylic oxidation sites excluding steroid dienone is 1. The minimum Gasteiger partial charge on any atom is -0.481 e. The van der Waals surface area contributed by atoms with E-state index in [9.17, 15) is 4.79 Å². The molecule has 1 rings (SSSR count). The van der Waals surface area contributed by atoms with Crippen LogP contribution in [0.3, 0.4) is 0 Å². The van der Waals surface area contributed by atoms with Gasteiger partial charge in [-0.1, -0.05) is 6.08 Å². The Kier molecular flexibility index (Phi) is 2.10. The molecule has 1 aliphatic rings. The molecule has 1 aliphatic carbocycles. The normalized spacial score (nSPS) is 20.0. The SMILES string of the molecule is C=CC[C@H](C(=O)O)C1CC1. The minimum atomic E-state index is -0.664. The molecule has 1 N–H and O–H groups in total. The third-order valence-corrected chi connectivity index (χ3v) is 1.93. The topological polar surface area (TPSA) is 37.3 Å². The molecule has 0 unspecified atom stereocenters. The van der Waals surface area contributed by atoms with Gasteiger partial charge in [0, 0.05) is 0 Å². The predicted molar refractivity (Wildman–Crippen MR) is 38.7 cm³/mol. The highest BCUT2D eigenvalue weighted by Crippen LogP contribution is 2.38. The molecule has 56 valence electrons. The molecule has 0 spiro atoms. The zero-order chi connectivity index (χ0) is 7.56. The Labute approximate surface area is 60.6 Å². The molecule has 1 saturated carbocycles. The predicted octanol–water partition coefficient (Wildman–Crippen LogP) is 1.67. The Balaban J connectivity index is 2.41. The third kappa shape index (κ3) is 1.59. The second-order valence-electron chi connectivity index (χ2n) is 2.81. The lowest BCUT2D eigenvalue weighted by molar-refractivity contribution is -0.142. The Morgan fingerprint density at radius 2 is 2.40 bits per heavy atom. The van der Waals surface area contributed by atoms with E-state index < -0.39 is 5.97 Å². The van der Waals surface area contributed by atoms with Gasteiger partial charge in [0.15, 0.2) is 0 Å². The zero-order valence-corrected chi connectivity index (χ0v) is 5.92. The van der Waals surface area contributed by atoms with Crippen LogP contribution in [0.4, 0.5) is 0 Å². The number of hydrogen-bond acceptors (Lipinski definition) is 1. The monoisotopic (exact) mass is 140 g/mol. The van der Waals surface area contributed by atoms with Gasteiger partial charge in [-0.25, -0.2) is 0 Å². The fourth-order valence-electron chi connectivity index (χ4n) is 1.17. The van der Waals surface area contributed by atoms with Crippen LogP contribution in [0.2, 0.25) is 0 Å². The van der Waals surface area contributed by atoms with E-state index in [1.807, 2.05) is 0 Å². The van der Waals surface area contributed by atoms with Crippen LogP contribution in [-0.2, 0) is 4.79 Å². The molecular formula is C8H12O2. The van der Waals surface area contributed by atoms with Crippen LogP contribution in [0.15, 0.2) is 12.7 Å². The standard InChI is InChI=1S/C8H12O2/c1-2-3-7(8(9)10)6-4-5-6/h2,6-7H,1,3-5H2,(H,9,10)/t7-/m0/s1. The number of rotatable bonds is 4. The molecule has 1 atom stereocenters. The van der Waals surface area contributed by atoms with Crippen molar-refractivity contribution in [2.75, 3.05) is 0 Å². The van der Waals surface area contributed by atoms with Crippen molar-refractivity contribution in [3.8, 4) is 0 Å². The van der Waals surface area contributed by atoms with E-state index in [1.54, 1.807) is 6.08 Å². The summed E-state index contributed by atoms with van der Waals surface area (Å²) in [7, 11) is 0. The van der Waals surface area contributed by atoms with Crippen molar-refractivity contribution < 1.29 is 9.90 Å². The number of carboxylic acid groups (broad SMARTS) is 1. The van der Waals surface area contributed by atoms with Crippen molar-refractivity contribution in [3.63, 3.8) is 0 Å². The number of hydrogen-bond donors (Lipinski definition) is 1. The Morgan fingerprint density at radius 1 is 1.80 bits per heavy atom. The summed E-state index contributed by atoms with van der Waals surface area (Å²) in [5.41, 5.74) is 0. The fourth-order valence-corrected chi connectivity index (χ4v) is 1.17. The Hall–Kier alpha value is -0.790. The van der Waals surface area contributed by atoms with Crippen LogP contribution < -0.4 is 0 Å². The Morgan fingerprint density at radius 3 is 2.70 bits per heavy atom. The molecule has 1 fully saturated rings. The van der Waals surface area contributed by atoms with Gasteiger partial charge in [0.2, 0.25) is 0 Å². The van der Waals surface area contributed by atoms with Crippen LogP contribution in [0.5, 0.6) is 0 Å². The van der Waals surface area contributed by atoms with Crippen molar-refractivity contribution in [2.24, 2.45) is 11.8 Å². The summed E-state index contributed by atoms with van der Waals surface area (Å²) in [6.07, 6.45) is 4.49. The summed E-state index contributed by atoms with van der Waals surface area (Å²) in [5, 5.41) is 8.67. The van der Waals surface area contributed by atoms with Crippen molar-refractivity contribution in [3.05, 3.63) is 12.7 Å². The molecule has 0 aromatic heterocycles. The minimum absolute atomic E-state index is 0.155. The van der Waals surface area contributed by atoms with E-state index in [4.69, 9.17) is 5.11 Å². The highest BCUT2D eigenvalue weighted by molar-refractivity contribution is 5.71. The average Bonchev–Trinajstić information content (AvgIpc) is 2.63. The largest absolute Gasteiger partial charge is 0.481 e. The van der Waals surface area contributed by atoms with E-state index in [0.717, 1.165) is 12.8 Å². The molecule has 2 nitrogen and oxygen atoms in total. The lowest BCUT2D eigenvalue weighted by Gasteiger charge is -2.05. The first kappa shape index (κ1) is 7.32. The summed E-state index contributed by atoms with van der Waals surface area (Å²) in [6, 6.07) is 0. The highest BCUT2D eigenvalue weighted by Gasteiger charge is 2.34. The number of aliphatic carboxylic acids is 1. The Bertz CT molecular complexity index is 147. The summed E-state index contributed by atoms with van der Waals surface area (Å²) >= 11 is 0. The maximum absolute atomic E-state index is 10.5. The molecule has 0 aliphatic heterocycles. The van der Waals surface area contributed by atoms with Gasteiger partial charge in [0.1, 0.15) is 0 Å². The van der Waals surface area contributed by atoms with Gasteiger partial charge in [0.05, 0.1) is 5.92 Å². The van der Waals surface area contributed by atoms with Gasteiger partial charge in [-0.2, -0.15) is 0 Å². The fraction of sp³-hybridized carbons (Fsp3) is 0.625. The van der Waals surface area contributed by atoms with E-state index in [0.29, 0.717) is 12.3 Å². The van der Waals surface area contributed by atoms with E-state index in [2.05, 4.69) is 6.58 Å². The first-order valence-corrected chi connectivity index (χ1v) is 3.59. The van der Waals surface area contributed by atoms with E-state index in [-0.39, 0.29) is 5.92 Å². The maximum Gasteiger partial charge on any atom is 0.307 e. The smallest absolute Gasteiger partial charge is 0.307 e. The van der Waals surface area contributed by atoms with E-state index in [1.165, 1.54) is 0 Å². The number of carboxylic acids is 1. The molecule has 0 bridgehead atoms. The summed E-state index contributed by atoms with van der Waals surface area (Å²) < 4.78 is 0. The molecule has 0 saturated heterocycles. The van der Waals surface area contributed by atoms with Crippen molar-refractivity contribution >= 4 is 5.97 Å². The van der Waals surface area contributed by atoms with Gasteiger partial charge in [-0.3, -0.25) is 4.79 Å². The van der Waals surface area contributed by atoms with Gasteiger partial charge < -0.3 is 5.11 Å². The first-order valence-electron chi connectivity index (χ1n) is 3.59. The molecule has 0 aromatic rings. The molecule has 0 amide bonds. The summed E-state index contributed by atoms with van der Waals surface area (Å²) in [6.45, 7) is 3.53. The summed E-state index contributed by atoms with van der Waals surface area (Å²) in [5.74, 6) is -0.379. The molecule has 10 heavy (non-hydrogen) atoms. The van der Waals surface area contributed by atoms with Gasteiger partial charge in [-0.05, 0) is 25.2 Å². The molecule has 0 aromatic carbocycles. The second-order valence-corrected chi connectivity index (χ2v) is 2.81. The van der Waals surface area contributed by atoms with Crippen LogP contribution in [0.25, 0.3) is 0 Å². The van der Waals surface area contributed by atoms with Gasteiger partial charge in [0.25, 0.3) is 0 Å². The zero-order valence-electron chi connectivity index (χ0n) is 5.92. The maximum atomic E-state index is 10.5. The quantitative estimate of drug-likeness (QED) is 0.603. The second kappa shape index (κ2) is 2.86. The summed E-state index contributed by atoms with van der Waals surface area (Å²) in [4.78, 5) is 10.5. The molecule has 0 heterocycles. The van der Waals surface area contributed by atoms with E-state index >= 15 is 0 Å². The van der Waals surface area contributed by atoms with Gasteiger partial charge >= 0.3 is 5.97 Å². The van der Waals surface area contributed by atoms with Crippen molar-refractivity contribution in [1.29, 1.82) is 0 Å². The van der Waals surface area contributed by atoms with Crippen LogP contribution in [-0.4, -0.2) is 11.1 Å². The molecule has 0 radical (unpaired) electrons. The van der Waals surface area contributed by atoms with Crippen LogP contribution in [0.1, 0.15) is 19.3 Å². The van der Waals surface area contributed by atoms with Crippen LogP contribution in [0, 0.1) is 11.8 Å². The van der Waals surface area contributed by atoms with Crippen molar-refractivity contribution in [1.82, 2.24) is 0 Å². The average molecular weight is 140 g/mol. The van der Waals surface area contributed by atoms with Crippen molar-refractivity contribution in [2.45, 2.75) is 19.3 Å². The lowest BCUT2D eigenvalue weighted by atomic mass is 10.0. The van der Waals surface area contributed by atoms with Crippen LogP contribution >= 0.6 is 0 Å². The molecule has 2 heteroatoms. The van der Waals surface area contributed by atoms with Gasteiger partial charge in [-0.15, -0.1) is 6.58 Å².